The van der Waals surface area contributed by atoms with E-state index in [4.69, 9.17) is 10.00 Å². The summed E-state index contributed by atoms with van der Waals surface area (Å²) in [5, 5.41) is 12.0. The molecule has 2 rings (SSSR count). The predicted octanol–water partition coefficient (Wildman–Crippen LogP) is 2.06. The minimum absolute atomic E-state index is 0.0274. The Kier molecular flexibility index (Phi) is 4.32. The molecule has 1 N–H and O–H groups in total. The number of nitrogens with one attached hydrogen (secondary N) is 1. The molecule has 1 atom stereocenters. The molecular weight excluding hydrogens is 268 g/mol. The summed E-state index contributed by atoms with van der Waals surface area (Å²) in [4.78, 5) is 17.8. The van der Waals surface area contributed by atoms with Gasteiger partial charge in [-0.2, -0.15) is 5.26 Å². The summed E-state index contributed by atoms with van der Waals surface area (Å²) in [6.07, 6.45) is 3.66. The van der Waals surface area contributed by atoms with Crippen molar-refractivity contribution in [3.05, 3.63) is 24.0 Å². The SMILES string of the molecule is CC(C)(C)OC(=O)NC1CCN(c2ccncc2C#N)C1. The second kappa shape index (κ2) is 6.00. The molecule has 1 fully saturated rings. The van der Waals surface area contributed by atoms with Crippen molar-refractivity contribution in [1.29, 1.82) is 5.26 Å². The van der Waals surface area contributed by atoms with Crippen LogP contribution in [0.3, 0.4) is 0 Å². The van der Waals surface area contributed by atoms with Gasteiger partial charge < -0.3 is 15.0 Å². The van der Waals surface area contributed by atoms with Gasteiger partial charge in [-0.05, 0) is 33.3 Å². The fourth-order valence-electron chi connectivity index (χ4n) is 2.32. The van der Waals surface area contributed by atoms with E-state index in [0.717, 1.165) is 18.7 Å². The number of aromatic nitrogens is 1. The molecule has 1 aliphatic heterocycles. The minimum Gasteiger partial charge on any atom is -0.444 e. The van der Waals surface area contributed by atoms with Crippen LogP contribution in [-0.2, 0) is 4.74 Å². The van der Waals surface area contributed by atoms with Crippen LogP contribution in [0.15, 0.2) is 18.5 Å². The number of anilines is 1. The zero-order valence-corrected chi connectivity index (χ0v) is 12.6. The molecule has 0 saturated carbocycles. The minimum atomic E-state index is -0.499. The Morgan fingerprint density at radius 3 is 3.00 bits per heavy atom. The molecule has 1 saturated heterocycles. The number of alkyl carbamates (subject to hydrolysis) is 1. The zero-order chi connectivity index (χ0) is 15.5. The van der Waals surface area contributed by atoms with Crippen molar-refractivity contribution in [2.75, 3.05) is 18.0 Å². The van der Waals surface area contributed by atoms with Crippen LogP contribution in [0.1, 0.15) is 32.8 Å². The molecule has 2 heterocycles. The van der Waals surface area contributed by atoms with Gasteiger partial charge in [0.15, 0.2) is 0 Å². The first kappa shape index (κ1) is 15.1. The Balaban J connectivity index is 1.95. The summed E-state index contributed by atoms with van der Waals surface area (Å²) in [7, 11) is 0. The molecule has 1 aromatic heterocycles. The highest BCUT2D eigenvalue weighted by atomic mass is 16.6. The lowest BCUT2D eigenvalue weighted by Crippen LogP contribution is -2.40. The van der Waals surface area contributed by atoms with Gasteiger partial charge in [-0.1, -0.05) is 0 Å². The van der Waals surface area contributed by atoms with E-state index in [1.807, 2.05) is 26.8 Å². The van der Waals surface area contributed by atoms with E-state index in [1.54, 1.807) is 12.4 Å². The lowest BCUT2D eigenvalue weighted by molar-refractivity contribution is 0.0509. The van der Waals surface area contributed by atoms with Crippen LogP contribution in [0.4, 0.5) is 10.5 Å². The first-order valence-electron chi connectivity index (χ1n) is 6.97. The van der Waals surface area contributed by atoms with Crippen molar-refractivity contribution in [2.45, 2.75) is 38.8 Å². The highest BCUT2D eigenvalue weighted by Crippen LogP contribution is 2.23. The molecule has 0 spiro atoms. The van der Waals surface area contributed by atoms with Crippen molar-refractivity contribution in [2.24, 2.45) is 0 Å². The number of rotatable bonds is 2. The van der Waals surface area contributed by atoms with E-state index in [2.05, 4.69) is 21.3 Å². The molecule has 112 valence electrons. The van der Waals surface area contributed by atoms with Crippen LogP contribution in [0.25, 0.3) is 0 Å². The Morgan fingerprint density at radius 1 is 1.57 bits per heavy atom. The quantitative estimate of drug-likeness (QED) is 0.901. The maximum absolute atomic E-state index is 11.8. The Bertz CT molecular complexity index is 560. The van der Waals surface area contributed by atoms with E-state index in [9.17, 15) is 4.79 Å². The lowest BCUT2D eigenvalue weighted by atomic mass is 10.2. The van der Waals surface area contributed by atoms with Crippen LogP contribution in [-0.4, -0.2) is 35.8 Å². The molecule has 6 heteroatoms. The molecule has 1 aromatic rings. The summed E-state index contributed by atoms with van der Waals surface area (Å²) in [5.41, 5.74) is 0.915. The summed E-state index contributed by atoms with van der Waals surface area (Å²) in [5.74, 6) is 0. The molecule has 1 unspecified atom stereocenters. The third-order valence-corrected chi connectivity index (χ3v) is 3.17. The number of nitrogens with zero attached hydrogens (tertiary/aromatic N) is 3. The van der Waals surface area contributed by atoms with Crippen LogP contribution >= 0.6 is 0 Å². The number of carbonyl (C=O) groups is 1. The van der Waals surface area contributed by atoms with Gasteiger partial charge in [-0.3, -0.25) is 4.98 Å². The highest BCUT2D eigenvalue weighted by molar-refractivity contribution is 5.68. The van der Waals surface area contributed by atoms with Gasteiger partial charge in [0.25, 0.3) is 0 Å². The molecule has 0 aliphatic carbocycles. The van der Waals surface area contributed by atoms with Crippen LogP contribution < -0.4 is 10.2 Å². The van der Waals surface area contributed by atoms with E-state index in [1.165, 1.54) is 0 Å². The molecular formula is C15H20N4O2. The normalized spacial score (nSPS) is 18.2. The maximum Gasteiger partial charge on any atom is 0.407 e. The Hall–Kier alpha value is -2.29. The summed E-state index contributed by atoms with van der Waals surface area (Å²) < 4.78 is 5.25. The summed E-state index contributed by atoms with van der Waals surface area (Å²) in [6.45, 7) is 6.97. The fraction of sp³-hybridized carbons (Fsp3) is 0.533. The van der Waals surface area contributed by atoms with Gasteiger partial charge in [-0.15, -0.1) is 0 Å². The van der Waals surface area contributed by atoms with Crippen LogP contribution in [0.2, 0.25) is 0 Å². The molecule has 0 radical (unpaired) electrons. The van der Waals surface area contributed by atoms with Gasteiger partial charge in [0, 0.05) is 25.5 Å². The third kappa shape index (κ3) is 4.09. The van der Waals surface area contributed by atoms with Crippen molar-refractivity contribution in [3.63, 3.8) is 0 Å². The number of ether oxygens (including phenoxy) is 1. The van der Waals surface area contributed by atoms with Crippen molar-refractivity contribution >= 4 is 11.8 Å². The van der Waals surface area contributed by atoms with E-state index in [-0.39, 0.29) is 6.04 Å². The van der Waals surface area contributed by atoms with Gasteiger partial charge in [0.05, 0.1) is 17.3 Å². The van der Waals surface area contributed by atoms with Crippen LogP contribution in [0, 0.1) is 11.3 Å². The van der Waals surface area contributed by atoms with E-state index in [0.29, 0.717) is 12.1 Å². The van der Waals surface area contributed by atoms with Crippen molar-refractivity contribution in [1.82, 2.24) is 10.3 Å². The molecule has 21 heavy (non-hydrogen) atoms. The van der Waals surface area contributed by atoms with E-state index < -0.39 is 11.7 Å². The smallest absolute Gasteiger partial charge is 0.407 e. The predicted molar refractivity (Wildman–Crippen MR) is 78.9 cm³/mol. The first-order valence-corrected chi connectivity index (χ1v) is 6.97. The average Bonchev–Trinajstić information content (AvgIpc) is 2.84. The highest BCUT2D eigenvalue weighted by Gasteiger charge is 2.27. The molecule has 6 nitrogen and oxygen atoms in total. The molecule has 1 aliphatic rings. The largest absolute Gasteiger partial charge is 0.444 e. The second-order valence-electron chi connectivity index (χ2n) is 6.08. The van der Waals surface area contributed by atoms with Crippen molar-refractivity contribution < 1.29 is 9.53 Å². The average molecular weight is 288 g/mol. The number of hydrogen-bond donors (Lipinski definition) is 1. The third-order valence-electron chi connectivity index (χ3n) is 3.17. The maximum atomic E-state index is 11.8. The Morgan fingerprint density at radius 2 is 2.33 bits per heavy atom. The van der Waals surface area contributed by atoms with Crippen LogP contribution in [0.5, 0.6) is 0 Å². The first-order chi connectivity index (χ1) is 9.89. The Labute approximate surface area is 124 Å². The van der Waals surface area contributed by atoms with Gasteiger partial charge >= 0.3 is 6.09 Å². The standard InChI is InChI=1S/C15H20N4O2/c1-15(2,3)21-14(20)18-12-5-7-19(10-12)13-4-6-17-9-11(13)8-16/h4,6,9,12H,5,7,10H2,1-3H3,(H,18,20). The van der Waals surface area contributed by atoms with Crippen molar-refractivity contribution in [3.8, 4) is 6.07 Å². The number of pyridine rings is 1. The second-order valence-corrected chi connectivity index (χ2v) is 6.08. The number of hydrogen-bond acceptors (Lipinski definition) is 5. The summed E-state index contributed by atoms with van der Waals surface area (Å²) >= 11 is 0. The number of carbonyl (C=O) groups excluding carboxylic acids is 1. The number of nitriles is 1. The molecule has 1 amide bonds. The number of amides is 1. The zero-order valence-electron chi connectivity index (χ0n) is 12.6. The van der Waals surface area contributed by atoms with E-state index >= 15 is 0 Å². The topological polar surface area (TPSA) is 78.2 Å². The monoisotopic (exact) mass is 288 g/mol. The molecule has 0 bridgehead atoms. The van der Waals surface area contributed by atoms with Gasteiger partial charge in [0.2, 0.25) is 0 Å². The molecule has 0 aromatic carbocycles. The fourth-order valence-corrected chi connectivity index (χ4v) is 2.32. The van der Waals surface area contributed by atoms with Gasteiger partial charge in [0.1, 0.15) is 11.7 Å². The lowest BCUT2D eigenvalue weighted by Gasteiger charge is -2.22. The van der Waals surface area contributed by atoms with Gasteiger partial charge in [-0.25, -0.2) is 4.79 Å². The summed E-state index contributed by atoms with van der Waals surface area (Å²) in [6, 6.07) is 4.00.